The Morgan fingerprint density at radius 2 is 0.808 bits per heavy atom. The van der Waals surface area contributed by atoms with Crippen LogP contribution in [0.5, 0.6) is 0 Å². The molecule has 0 saturated heterocycles. The van der Waals surface area contributed by atoms with Gasteiger partial charge in [-0.05, 0) is 25.7 Å². The number of carbonyl (C=O) groups excluding carboxylic acids is 1. The lowest BCUT2D eigenvalue weighted by Crippen LogP contribution is -2.23. The standard InChI is InChI=1S/C25H50O/c1-5-9-11-13-15-17-19-21-23(7-3)25(26)24(8-4)22-20-18-16-14-12-10-6-2/h23-24H,5-22H2,1-4H3. The first kappa shape index (κ1) is 25.7. The van der Waals surface area contributed by atoms with E-state index in [-0.39, 0.29) is 0 Å². The molecule has 0 fully saturated rings. The van der Waals surface area contributed by atoms with Gasteiger partial charge in [-0.15, -0.1) is 0 Å². The molecule has 0 amide bonds. The molecule has 0 aromatic carbocycles. The zero-order valence-corrected chi connectivity index (χ0v) is 18.8. The van der Waals surface area contributed by atoms with Gasteiger partial charge in [0.2, 0.25) is 0 Å². The Bertz CT molecular complexity index is 269. The van der Waals surface area contributed by atoms with Crippen molar-refractivity contribution in [1.82, 2.24) is 0 Å². The van der Waals surface area contributed by atoms with E-state index in [0.717, 1.165) is 25.7 Å². The van der Waals surface area contributed by atoms with Gasteiger partial charge in [0.1, 0.15) is 5.78 Å². The van der Waals surface area contributed by atoms with Crippen LogP contribution in [-0.4, -0.2) is 5.78 Å². The number of unbranched alkanes of at least 4 members (excludes halogenated alkanes) is 12. The van der Waals surface area contributed by atoms with Gasteiger partial charge in [0.15, 0.2) is 0 Å². The Kier molecular flexibility index (Phi) is 19.2. The van der Waals surface area contributed by atoms with Crippen LogP contribution in [0, 0.1) is 11.8 Å². The summed E-state index contributed by atoms with van der Waals surface area (Å²) < 4.78 is 0. The molecular formula is C25H50O. The molecule has 26 heavy (non-hydrogen) atoms. The highest BCUT2D eigenvalue weighted by Gasteiger charge is 2.23. The number of rotatable bonds is 20. The summed E-state index contributed by atoms with van der Waals surface area (Å²) in [6.07, 6.45) is 23.2. The lowest BCUT2D eigenvalue weighted by atomic mass is 9.83. The van der Waals surface area contributed by atoms with Crippen molar-refractivity contribution < 1.29 is 4.79 Å². The van der Waals surface area contributed by atoms with E-state index >= 15 is 0 Å². The zero-order valence-electron chi connectivity index (χ0n) is 18.8. The minimum Gasteiger partial charge on any atom is -0.299 e. The lowest BCUT2D eigenvalue weighted by Gasteiger charge is -2.21. The van der Waals surface area contributed by atoms with Crippen LogP contribution in [0.4, 0.5) is 0 Å². The average molecular weight is 367 g/mol. The van der Waals surface area contributed by atoms with Crippen molar-refractivity contribution in [2.45, 2.75) is 143 Å². The van der Waals surface area contributed by atoms with E-state index in [0.29, 0.717) is 17.6 Å². The van der Waals surface area contributed by atoms with Crippen LogP contribution in [0.3, 0.4) is 0 Å². The summed E-state index contributed by atoms with van der Waals surface area (Å²) in [6, 6.07) is 0. The Morgan fingerprint density at radius 1 is 0.500 bits per heavy atom. The first-order valence-electron chi connectivity index (χ1n) is 12.2. The summed E-state index contributed by atoms with van der Waals surface area (Å²) in [5.41, 5.74) is 0. The van der Waals surface area contributed by atoms with Crippen LogP contribution >= 0.6 is 0 Å². The predicted octanol–water partition coefficient (Wildman–Crippen LogP) is 8.89. The number of ketones is 1. The van der Waals surface area contributed by atoms with Gasteiger partial charge in [-0.25, -0.2) is 0 Å². The largest absolute Gasteiger partial charge is 0.299 e. The third-order valence-corrected chi connectivity index (χ3v) is 6.10. The number of hydrogen-bond donors (Lipinski definition) is 0. The van der Waals surface area contributed by atoms with Crippen LogP contribution in [0.2, 0.25) is 0 Å². The molecule has 0 spiro atoms. The van der Waals surface area contributed by atoms with E-state index in [9.17, 15) is 4.79 Å². The Morgan fingerprint density at radius 3 is 1.12 bits per heavy atom. The molecule has 0 saturated carbocycles. The smallest absolute Gasteiger partial charge is 0.139 e. The van der Waals surface area contributed by atoms with Crippen LogP contribution in [-0.2, 0) is 4.79 Å². The maximum absolute atomic E-state index is 12.9. The minimum absolute atomic E-state index is 0.333. The summed E-state index contributed by atoms with van der Waals surface area (Å²) in [7, 11) is 0. The molecule has 0 aliphatic heterocycles. The molecule has 0 rings (SSSR count). The molecular weight excluding hydrogens is 316 g/mol. The summed E-state index contributed by atoms with van der Waals surface area (Å²) in [4.78, 5) is 12.9. The third-order valence-electron chi connectivity index (χ3n) is 6.10. The van der Waals surface area contributed by atoms with Crippen molar-refractivity contribution in [2.75, 3.05) is 0 Å². The SMILES string of the molecule is CCCCCCCCCC(CC)C(=O)C(CC)CCCCCCCCC. The van der Waals surface area contributed by atoms with Crippen LogP contribution in [0.1, 0.15) is 143 Å². The van der Waals surface area contributed by atoms with Crippen molar-refractivity contribution in [3.05, 3.63) is 0 Å². The molecule has 0 aromatic heterocycles. The molecule has 0 bridgehead atoms. The second-order valence-electron chi connectivity index (χ2n) is 8.43. The molecule has 0 aromatic rings. The van der Waals surface area contributed by atoms with Crippen LogP contribution < -0.4 is 0 Å². The maximum atomic E-state index is 12.9. The van der Waals surface area contributed by atoms with Crippen LogP contribution in [0.15, 0.2) is 0 Å². The predicted molar refractivity (Wildman–Crippen MR) is 118 cm³/mol. The summed E-state index contributed by atoms with van der Waals surface area (Å²) >= 11 is 0. The van der Waals surface area contributed by atoms with Crippen LogP contribution in [0.25, 0.3) is 0 Å². The van der Waals surface area contributed by atoms with Gasteiger partial charge >= 0.3 is 0 Å². The first-order chi connectivity index (χ1) is 12.7. The fourth-order valence-electron chi connectivity index (χ4n) is 4.12. The number of hydrogen-bond acceptors (Lipinski definition) is 1. The first-order valence-corrected chi connectivity index (χ1v) is 12.2. The highest BCUT2D eigenvalue weighted by molar-refractivity contribution is 5.83. The Labute approximate surface area is 166 Å². The molecule has 2 atom stereocenters. The highest BCUT2D eigenvalue weighted by Crippen LogP contribution is 2.25. The van der Waals surface area contributed by atoms with Gasteiger partial charge in [-0.3, -0.25) is 4.79 Å². The van der Waals surface area contributed by atoms with Gasteiger partial charge in [0, 0.05) is 11.8 Å². The van der Waals surface area contributed by atoms with Crippen molar-refractivity contribution >= 4 is 5.78 Å². The van der Waals surface area contributed by atoms with E-state index in [2.05, 4.69) is 27.7 Å². The van der Waals surface area contributed by atoms with Gasteiger partial charge in [-0.2, -0.15) is 0 Å². The van der Waals surface area contributed by atoms with Gasteiger partial charge in [0.25, 0.3) is 0 Å². The van der Waals surface area contributed by atoms with Gasteiger partial charge < -0.3 is 0 Å². The molecule has 1 heteroatoms. The lowest BCUT2D eigenvalue weighted by molar-refractivity contribution is -0.127. The molecule has 2 unspecified atom stereocenters. The minimum atomic E-state index is 0.333. The second-order valence-corrected chi connectivity index (χ2v) is 8.43. The Hall–Kier alpha value is -0.330. The second kappa shape index (κ2) is 19.4. The molecule has 1 nitrogen and oxygen atoms in total. The molecule has 0 heterocycles. The highest BCUT2D eigenvalue weighted by atomic mass is 16.1. The van der Waals surface area contributed by atoms with E-state index in [1.807, 2.05) is 0 Å². The van der Waals surface area contributed by atoms with E-state index in [1.165, 1.54) is 89.9 Å². The number of Topliss-reactive ketones (excluding diaryl/α,β-unsaturated/α-hetero) is 1. The van der Waals surface area contributed by atoms with E-state index < -0.39 is 0 Å². The van der Waals surface area contributed by atoms with E-state index in [1.54, 1.807) is 0 Å². The van der Waals surface area contributed by atoms with Crippen molar-refractivity contribution in [3.63, 3.8) is 0 Å². The zero-order chi connectivity index (χ0) is 19.5. The summed E-state index contributed by atoms with van der Waals surface area (Å²) in [5.74, 6) is 1.26. The summed E-state index contributed by atoms with van der Waals surface area (Å²) in [5, 5.41) is 0. The topological polar surface area (TPSA) is 17.1 Å². The van der Waals surface area contributed by atoms with Crippen molar-refractivity contribution in [1.29, 1.82) is 0 Å². The van der Waals surface area contributed by atoms with Crippen molar-refractivity contribution in [3.8, 4) is 0 Å². The average Bonchev–Trinajstić information content (AvgIpc) is 2.66. The van der Waals surface area contributed by atoms with Gasteiger partial charge in [0.05, 0.1) is 0 Å². The quantitative estimate of drug-likeness (QED) is 0.197. The normalized spacial score (nSPS) is 13.7. The Balaban J connectivity index is 3.92. The molecule has 0 aliphatic carbocycles. The maximum Gasteiger partial charge on any atom is 0.139 e. The van der Waals surface area contributed by atoms with Crippen molar-refractivity contribution in [2.24, 2.45) is 11.8 Å². The summed E-state index contributed by atoms with van der Waals surface area (Å²) in [6.45, 7) is 8.97. The third kappa shape index (κ3) is 13.8. The number of carbonyl (C=O) groups is 1. The van der Waals surface area contributed by atoms with E-state index in [4.69, 9.17) is 0 Å². The molecule has 0 N–H and O–H groups in total. The molecule has 0 radical (unpaired) electrons. The fourth-order valence-corrected chi connectivity index (χ4v) is 4.12. The molecule has 0 aliphatic rings. The van der Waals surface area contributed by atoms with Gasteiger partial charge in [-0.1, -0.05) is 118 Å². The molecule has 156 valence electrons. The monoisotopic (exact) mass is 366 g/mol. The fraction of sp³-hybridized carbons (Fsp3) is 0.960.